The van der Waals surface area contributed by atoms with Crippen molar-refractivity contribution in [2.75, 3.05) is 13.1 Å². The van der Waals surface area contributed by atoms with Crippen LogP contribution in [0.4, 0.5) is 0 Å². The first-order chi connectivity index (χ1) is 8.21. The minimum Gasteiger partial charge on any atom is -0.299 e. The van der Waals surface area contributed by atoms with Crippen LogP contribution in [-0.4, -0.2) is 18.0 Å². The molecule has 0 heterocycles. The molecular weight excluding hydrogens is 206 g/mol. The van der Waals surface area contributed by atoms with Crippen LogP contribution < -0.4 is 0 Å². The summed E-state index contributed by atoms with van der Waals surface area (Å²) in [5, 5.41) is 0. The maximum atomic E-state index is 2.56. The fourth-order valence-corrected chi connectivity index (χ4v) is 2.41. The predicted octanol–water partition coefficient (Wildman–Crippen LogP) is 4.18. The molecule has 17 heavy (non-hydrogen) atoms. The van der Waals surface area contributed by atoms with Gasteiger partial charge in [0.05, 0.1) is 0 Å². The number of nitrogens with zero attached hydrogens (tertiary/aromatic N) is 1. The second kappa shape index (κ2) is 7.50. The third-order valence-corrected chi connectivity index (χ3v) is 3.27. The van der Waals surface area contributed by atoms with Crippen molar-refractivity contribution in [2.45, 2.75) is 53.5 Å². The van der Waals surface area contributed by atoms with Crippen LogP contribution in [0.15, 0.2) is 18.2 Å². The molecule has 0 atom stereocenters. The quantitative estimate of drug-likeness (QED) is 0.683. The summed E-state index contributed by atoms with van der Waals surface area (Å²) in [6.07, 6.45) is 3.62. The molecule has 0 saturated heterocycles. The van der Waals surface area contributed by atoms with Crippen molar-refractivity contribution >= 4 is 0 Å². The van der Waals surface area contributed by atoms with E-state index in [0.29, 0.717) is 0 Å². The molecule has 1 aromatic rings. The molecule has 0 saturated carbocycles. The third kappa shape index (κ3) is 4.51. The average Bonchev–Trinajstić information content (AvgIpc) is 2.30. The molecule has 0 unspecified atom stereocenters. The molecule has 96 valence electrons. The zero-order valence-electron chi connectivity index (χ0n) is 11.9. The van der Waals surface area contributed by atoms with E-state index in [0.717, 1.165) is 13.0 Å². The normalized spacial score (nSPS) is 11.1. The van der Waals surface area contributed by atoms with Gasteiger partial charge in [-0.25, -0.2) is 0 Å². The first-order valence-corrected chi connectivity index (χ1v) is 7.02. The van der Waals surface area contributed by atoms with Gasteiger partial charge in [0.15, 0.2) is 0 Å². The Bertz CT molecular complexity index is 324. The van der Waals surface area contributed by atoms with E-state index in [9.17, 15) is 0 Å². The van der Waals surface area contributed by atoms with Crippen LogP contribution in [-0.2, 0) is 13.0 Å². The minimum atomic E-state index is 1.10. The van der Waals surface area contributed by atoms with Crippen molar-refractivity contribution in [3.8, 4) is 0 Å². The second-order valence-electron chi connectivity index (χ2n) is 4.89. The highest BCUT2D eigenvalue weighted by Gasteiger charge is 2.05. The van der Waals surface area contributed by atoms with Gasteiger partial charge in [-0.3, -0.25) is 4.90 Å². The Morgan fingerprint density at radius 2 is 1.65 bits per heavy atom. The SMILES string of the molecule is CCCN(CCC)Cc1ccc(CC)c(C)c1. The fraction of sp³-hybridized carbons (Fsp3) is 0.625. The summed E-state index contributed by atoms with van der Waals surface area (Å²) in [7, 11) is 0. The predicted molar refractivity (Wildman–Crippen MR) is 76.4 cm³/mol. The number of benzene rings is 1. The number of hydrogen-bond acceptors (Lipinski definition) is 1. The van der Waals surface area contributed by atoms with Gasteiger partial charge < -0.3 is 0 Å². The van der Waals surface area contributed by atoms with Gasteiger partial charge in [0.25, 0.3) is 0 Å². The second-order valence-corrected chi connectivity index (χ2v) is 4.89. The van der Waals surface area contributed by atoms with Crippen molar-refractivity contribution in [2.24, 2.45) is 0 Å². The van der Waals surface area contributed by atoms with E-state index in [4.69, 9.17) is 0 Å². The van der Waals surface area contributed by atoms with Crippen molar-refractivity contribution < 1.29 is 0 Å². The summed E-state index contributed by atoms with van der Waals surface area (Å²) < 4.78 is 0. The van der Waals surface area contributed by atoms with Gasteiger partial charge in [0.1, 0.15) is 0 Å². The minimum absolute atomic E-state index is 1.10. The molecule has 1 nitrogen and oxygen atoms in total. The molecule has 0 fully saturated rings. The Morgan fingerprint density at radius 3 is 2.12 bits per heavy atom. The lowest BCUT2D eigenvalue weighted by Gasteiger charge is -2.21. The van der Waals surface area contributed by atoms with Gasteiger partial charge in [-0.1, -0.05) is 39.0 Å². The zero-order valence-corrected chi connectivity index (χ0v) is 11.9. The Morgan fingerprint density at radius 1 is 1.00 bits per heavy atom. The van der Waals surface area contributed by atoms with Crippen LogP contribution in [0.2, 0.25) is 0 Å². The van der Waals surface area contributed by atoms with E-state index in [1.54, 1.807) is 0 Å². The topological polar surface area (TPSA) is 3.24 Å². The standard InChI is InChI=1S/C16H27N/c1-5-10-17(11-6-2)13-15-8-9-16(7-3)14(4)12-15/h8-9,12H,5-7,10-11,13H2,1-4H3. The van der Waals surface area contributed by atoms with Crippen molar-refractivity contribution in [1.29, 1.82) is 0 Å². The highest BCUT2D eigenvalue weighted by molar-refractivity contribution is 5.31. The molecule has 0 N–H and O–H groups in total. The van der Waals surface area contributed by atoms with Crippen LogP contribution in [0.5, 0.6) is 0 Å². The van der Waals surface area contributed by atoms with Crippen molar-refractivity contribution in [1.82, 2.24) is 4.90 Å². The molecule has 0 aliphatic carbocycles. The summed E-state index contributed by atoms with van der Waals surface area (Å²) in [4.78, 5) is 2.56. The van der Waals surface area contributed by atoms with E-state index in [-0.39, 0.29) is 0 Å². The molecular formula is C16H27N. The van der Waals surface area contributed by atoms with Gasteiger partial charge in [-0.2, -0.15) is 0 Å². The Hall–Kier alpha value is -0.820. The van der Waals surface area contributed by atoms with Gasteiger partial charge >= 0.3 is 0 Å². The van der Waals surface area contributed by atoms with E-state index in [1.807, 2.05) is 0 Å². The average molecular weight is 233 g/mol. The summed E-state index contributed by atoms with van der Waals surface area (Å²) >= 11 is 0. The van der Waals surface area contributed by atoms with Crippen molar-refractivity contribution in [3.63, 3.8) is 0 Å². The van der Waals surface area contributed by atoms with Crippen molar-refractivity contribution in [3.05, 3.63) is 34.9 Å². The largest absolute Gasteiger partial charge is 0.299 e. The first kappa shape index (κ1) is 14.2. The lowest BCUT2D eigenvalue weighted by atomic mass is 10.0. The smallest absolute Gasteiger partial charge is 0.0233 e. The van der Waals surface area contributed by atoms with Gasteiger partial charge in [0, 0.05) is 6.54 Å². The number of rotatable bonds is 7. The zero-order chi connectivity index (χ0) is 12.7. The van der Waals surface area contributed by atoms with Crippen LogP contribution in [0.3, 0.4) is 0 Å². The Balaban J connectivity index is 2.68. The molecule has 1 heteroatoms. The lowest BCUT2D eigenvalue weighted by molar-refractivity contribution is 0.266. The summed E-state index contributed by atoms with van der Waals surface area (Å²) in [6, 6.07) is 6.95. The first-order valence-electron chi connectivity index (χ1n) is 7.02. The molecule has 0 amide bonds. The summed E-state index contributed by atoms with van der Waals surface area (Å²) in [6.45, 7) is 12.5. The van der Waals surface area contributed by atoms with Crippen LogP contribution >= 0.6 is 0 Å². The molecule has 1 aromatic carbocycles. The monoisotopic (exact) mass is 233 g/mol. The summed E-state index contributed by atoms with van der Waals surface area (Å²) in [5.41, 5.74) is 4.38. The summed E-state index contributed by atoms with van der Waals surface area (Å²) in [5.74, 6) is 0. The highest BCUT2D eigenvalue weighted by Crippen LogP contribution is 2.14. The maximum absolute atomic E-state index is 2.56. The molecule has 0 radical (unpaired) electrons. The fourth-order valence-electron chi connectivity index (χ4n) is 2.41. The van der Waals surface area contributed by atoms with E-state index < -0.39 is 0 Å². The van der Waals surface area contributed by atoms with E-state index >= 15 is 0 Å². The third-order valence-electron chi connectivity index (χ3n) is 3.27. The van der Waals surface area contributed by atoms with E-state index in [2.05, 4.69) is 50.8 Å². The Kier molecular flexibility index (Phi) is 6.28. The molecule has 1 rings (SSSR count). The van der Waals surface area contributed by atoms with Crippen LogP contribution in [0, 0.1) is 6.92 Å². The Labute approximate surface area is 107 Å². The number of aryl methyl sites for hydroxylation is 2. The van der Waals surface area contributed by atoms with Gasteiger partial charge in [-0.05, 0) is 56.0 Å². The van der Waals surface area contributed by atoms with Gasteiger partial charge in [0.2, 0.25) is 0 Å². The van der Waals surface area contributed by atoms with Crippen LogP contribution in [0.25, 0.3) is 0 Å². The molecule has 0 aliphatic heterocycles. The number of hydrogen-bond donors (Lipinski definition) is 0. The lowest BCUT2D eigenvalue weighted by Crippen LogP contribution is -2.24. The highest BCUT2D eigenvalue weighted by atomic mass is 15.1. The van der Waals surface area contributed by atoms with E-state index in [1.165, 1.54) is 42.6 Å². The maximum Gasteiger partial charge on any atom is 0.0233 e. The molecule has 0 aromatic heterocycles. The van der Waals surface area contributed by atoms with Gasteiger partial charge in [-0.15, -0.1) is 0 Å². The molecule has 0 bridgehead atoms. The molecule has 0 spiro atoms. The van der Waals surface area contributed by atoms with Crippen LogP contribution in [0.1, 0.15) is 50.3 Å². The molecule has 0 aliphatic rings.